The van der Waals surface area contributed by atoms with E-state index in [1.807, 2.05) is 0 Å². The highest BCUT2D eigenvalue weighted by molar-refractivity contribution is 7.91. The minimum absolute atomic E-state index is 0.0132. The van der Waals surface area contributed by atoms with Gasteiger partial charge in [-0.2, -0.15) is 0 Å². The van der Waals surface area contributed by atoms with Crippen molar-refractivity contribution in [2.24, 2.45) is 0 Å². The summed E-state index contributed by atoms with van der Waals surface area (Å²) >= 11 is 0. The molecule has 2 saturated heterocycles. The van der Waals surface area contributed by atoms with E-state index in [-0.39, 0.29) is 36.6 Å². The second-order valence-corrected chi connectivity index (χ2v) is 7.69. The van der Waals surface area contributed by atoms with E-state index < -0.39 is 21.8 Å². The predicted molar refractivity (Wildman–Crippen MR) is 73.6 cm³/mol. The first kappa shape index (κ1) is 16.2. The van der Waals surface area contributed by atoms with Gasteiger partial charge in [0.1, 0.15) is 6.04 Å². The molecule has 2 atom stereocenters. The fourth-order valence-electron chi connectivity index (χ4n) is 2.62. The maximum atomic E-state index is 12.2. The highest BCUT2D eigenvalue weighted by Gasteiger charge is 2.35. The zero-order chi connectivity index (χ0) is 15.6. The lowest BCUT2D eigenvalue weighted by Crippen LogP contribution is -2.54. The van der Waals surface area contributed by atoms with Gasteiger partial charge in [-0.25, -0.2) is 8.42 Å². The van der Waals surface area contributed by atoms with Crippen molar-refractivity contribution in [3.05, 3.63) is 0 Å². The number of sulfone groups is 1. The van der Waals surface area contributed by atoms with E-state index in [0.717, 1.165) is 0 Å². The van der Waals surface area contributed by atoms with Crippen molar-refractivity contribution in [2.45, 2.75) is 18.5 Å². The zero-order valence-corrected chi connectivity index (χ0v) is 12.7. The number of aliphatic carboxylic acids is 1. The summed E-state index contributed by atoms with van der Waals surface area (Å²) in [6, 6.07) is -1.14. The predicted octanol–water partition coefficient (Wildman–Crippen LogP) is -1.58. The number of hydrogen-bond acceptors (Lipinski definition) is 6. The Morgan fingerprint density at radius 1 is 1.43 bits per heavy atom. The maximum Gasteiger partial charge on any atom is 0.323 e. The number of carbonyl (C=O) groups excluding carboxylic acids is 1. The second-order valence-electron chi connectivity index (χ2n) is 5.46. The van der Waals surface area contributed by atoms with E-state index in [2.05, 4.69) is 0 Å². The molecule has 2 rings (SSSR count). The number of carbonyl (C=O) groups is 2. The van der Waals surface area contributed by atoms with E-state index in [0.29, 0.717) is 19.6 Å². The number of rotatable bonds is 4. The van der Waals surface area contributed by atoms with Crippen LogP contribution in [0.1, 0.15) is 6.42 Å². The van der Waals surface area contributed by atoms with Gasteiger partial charge < -0.3 is 14.7 Å². The summed E-state index contributed by atoms with van der Waals surface area (Å²) < 4.78 is 28.0. The number of carboxylic acids is 1. The molecule has 1 N–H and O–H groups in total. The lowest BCUT2D eigenvalue weighted by molar-refractivity contribution is -0.151. The molecule has 0 aromatic heterocycles. The minimum Gasteiger partial charge on any atom is -0.480 e. The summed E-state index contributed by atoms with van der Waals surface area (Å²) in [7, 11) is -1.48. The normalized spacial score (nSPS) is 29.2. The van der Waals surface area contributed by atoms with Gasteiger partial charge >= 0.3 is 5.97 Å². The largest absolute Gasteiger partial charge is 0.480 e. The average molecular weight is 320 g/mol. The van der Waals surface area contributed by atoms with E-state index in [1.165, 1.54) is 4.90 Å². The Bertz CT molecular complexity index is 520. The molecule has 9 heteroatoms. The van der Waals surface area contributed by atoms with Crippen LogP contribution in [0, 0.1) is 0 Å². The topological polar surface area (TPSA) is 104 Å². The Morgan fingerprint density at radius 2 is 2.14 bits per heavy atom. The summed E-state index contributed by atoms with van der Waals surface area (Å²) in [5.74, 6) is -1.19. The molecule has 0 saturated carbocycles. The zero-order valence-electron chi connectivity index (χ0n) is 11.9. The van der Waals surface area contributed by atoms with Crippen LogP contribution >= 0.6 is 0 Å². The first-order valence-electron chi connectivity index (χ1n) is 6.81. The number of amides is 1. The van der Waals surface area contributed by atoms with Crippen LogP contribution < -0.4 is 0 Å². The molecule has 2 aliphatic rings. The maximum absolute atomic E-state index is 12.2. The van der Waals surface area contributed by atoms with Gasteiger partial charge in [0, 0.05) is 19.6 Å². The number of likely N-dealkylation sites (N-methyl/N-ethyl adjacent to an activating group) is 1. The smallest absolute Gasteiger partial charge is 0.323 e. The van der Waals surface area contributed by atoms with Crippen molar-refractivity contribution in [3.8, 4) is 0 Å². The van der Waals surface area contributed by atoms with Crippen molar-refractivity contribution in [1.82, 2.24) is 9.80 Å². The van der Waals surface area contributed by atoms with E-state index >= 15 is 0 Å². The number of hydrogen-bond donors (Lipinski definition) is 1. The summed E-state index contributed by atoms with van der Waals surface area (Å²) in [5.41, 5.74) is 0. The van der Waals surface area contributed by atoms with Crippen LogP contribution in [0.2, 0.25) is 0 Å². The molecule has 120 valence electrons. The fourth-order valence-corrected chi connectivity index (χ4v) is 4.40. The first-order chi connectivity index (χ1) is 9.80. The van der Waals surface area contributed by atoms with Crippen molar-refractivity contribution >= 4 is 21.7 Å². The van der Waals surface area contributed by atoms with Gasteiger partial charge in [0.05, 0.1) is 31.3 Å². The lowest BCUT2D eigenvalue weighted by Gasteiger charge is -2.34. The van der Waals surface area contributed by atoms with Crippen LogP contribution in [0.4, 0.5) is 0 Å². The molecule has 21 heavy (non-hydrogen) atoms. The molecule has 0 aliphatic carbocycles. The van der Waals surface area contributed by atoms with Crippen molar-refractivity contribution in [3.63, 3.8) is 0 Å². The summed E-state index contributed by atoms with van der Waals surface area (Å²) in [6.07, 6.45) is 0.441. The van der Waals surface area contributed by atoms with Crippen molar-refractivity contribution in [1.29, 1.82) is 0 Å². The molecule has 0 spiro atoms. The van der Waals surface area contributed by atoms with Gasteiger partial charge in [0.2, 0.25) is 5.91 Å². The van der Waals surface area contributed by atoms with E-state index in [9.17, 15) is 18.0 Å². The van der Waals surface area contributed by atoms with Gasteiger partial charge in [-0.3, -0.25) is 14.5 Å². The molecule has 2 unspecified atom stereocenters. The van der Waals surface area contributed by atoms with Crippen LogP contribution in [0.5, 0.6) is 0 Å². The highest BCUT2D eigenvalue weighted by Crippen LogP contribution is 2.17. The lowest BCUT2D eigenvalue weighted by atomic mass is 10.2. The summed E-state index contributed by atoms with van der Waals surface area (Å²) in [6.45, 7) is 0.787. The quantitative estimate of drug-likeness (QED) is 0.666. The van der Waals surface area contributed by atoms with Crippen LogP contribution in [0.3, 0.4) is 0 Å². The van der Waals surface area contributed by atoms with Crippen LogP contribution in [0.25, 0.3) is 0 Å². The Morgan fingerprint density at radius 3 is 2.71 bits per heavy atom. The van der Waals surface area contributed by atoms with Gasteiger partial charge in [0.15, 0.2) is 9.84 Å². The molecule has 0 aromatic rings. The molecular formula is C12H20N2O6S. The number of nitrogens with zero attached hydrogens (tertiary/aromatic N) is 2. The molecule has 2 fully saturated rings. The third-order valence-electron chi connectivity index (χ3n) is 4.01. The molecule has 0 radical (unpaired) electrons. The summed E-state index contributed by atoms with van der Waals surface area (Å²) in [5, 5.41) is 9.11. The van der Waals surface area contributed by atoms with Crippen molar-refractivity contribution in [2.75, 3.05) is 44.9 Å². The average Bonchev–Trinajstić information content (AvgIpc) is 2.78. The van der Waals surface area contributed by atoms with Crippen LogP contribution in [0.15, 0.2) is 0 Å². The molecule has 0 aromatic carbocycles. The van der Waals surface area contributed by atoms with Crippen LogP contribution in [-0.2, 0) is 24.2 Å². The third kappa shape index (κ3) is 3.92. The Balaban J connectivity index is 1.95. The monoisotopic (exact) mass is 320 g/mol. The molecule has 1 amide bonds. The van der Waals surface area contributed by atoms with E-state index in [1.54, 1.807) is 11.9 Å². The number of morpholine rings is 1. The molecule has 2 aliphatic heterocycles. The van der Waals surface area contributed by atoms with Crippen molar-refractivity contribution < 1.29 is 27.9 Å². The molecule has 8 nitrogen and oxygen atoms in total. The van der Waals surface area contributed by atoms with Gasteiger partial charge in [-0.05, 0) is 6.42 Å². The highest BCUT2D eigenvalue weighted by atomic mass is 32.2. The third-order valence-corrected chi connectivity index (χ3v) is 5.76. The Hall–Kier alpha value is -1.19. The second kappa shape index (κ2) is 6.29. The van der Waals surface area contributed by atoms with E-state index in [4.69, 9.17) is 9.84 Å². The molecule has 2 heterocycles. The van der Waals surface area contributed by atoms with Crippen LogP contribution in [-0.4, -0.2) is 92.1 Å². The van der Waals surface area contributed by atoms with Gasteiger partial charge in [0.25, 0.3) is 0 Å². The Labute approximate surface area is 123 Å². The van der Waals surface area contributed by atoms with Gasteiger partial charge in [-0.15, -0.1) is 0 Å². The van der Waals surface area contributed by atoms with Gasteiger partial charge in [-0.1, -0.05) is 0 Å². The Kier molecular flexibility index (Phi) is 4.84. The minimum atomic E-state index is -3.05. The summed E-state index contributed by atoms with van der Waals surface area (Å²) in [4.78, 5) is 26.4. The number of carboxylic acid groups (broad SMARTS) is 1. The first-order valence-corrected chi connectivity index (χ1v) is 8.63. The SMILES string of the molecule is CN(C(=O)CN1CCOCC1C(=O)O)C1CCS(=O)(=O)C1. The molecular weight excluding hydrogens is 300 g/mol. The standard InChI is InChI=1S/C12H20N2O6S/c1-13(9-2-5-21(18,19)8-9)11(15)6-14-3-4-20-7-10(14)12(16)17/h9-10H,2-8H2,1H3,(H,16,17). The number of ether oxygens (including phenoxy) is 1. The fraction of sp³-hybridized carbons (Fsp3) is 0.833. The molecule has 0 bridgehead atoms.